The summed E-state index contributed by atoms with van der Waals surface area (Å²) in [5, 5.41) is 14.5. The van der Waals surface area contributed by atoms with E-state index in [9.17, 15) is 4.79 Å². The number of ether oxygens (including phenoxy) is 1. The van der Waals surface area contributed by atoms with E-state index in [0.29, 0.717) is 12.2 Å². The SMILES string of the molecule is CNC[C@@H](NC(=O)c1cc(-c2ccc3[nH]nc(C)c3c2)ccn1)c1cccc(OC)c1. The smallest absolute Gasteiger partial charge is 0.270 e. The summed E-state index contributed by atoms with van der Waals surface area (Å²) in [6.07, 6.45) is 1.66. The highest BCUT2D eigenvalue weighted by atomic mass is 16.5. The summed E-state index contributed by atoms with van der Waals surface area (Å²) >= 11 is 0. The van der Waals surface area contributed by atoms with Crippen molar-refractivity contribution in [3.05, 3.63) is 77.7 Å². The molecule has 3 N–H and O–H groups in total. The van der Waals surface area contributed by atoms with Crippen LogP contribution >= 0.6 is 0 Å². The zero-order valence-corrected chi connectivity index (χ0v) is 17.8. The third-order valence-corrected chi connectivity index (χ3v) is 5.29. The van der Waals surface area contributed by atoms with E-state index in [0.717, 1.165) is 39.0 Å². The normalized spacial score (nSPS) is 12.0. The van der Waals surface area contributed by atoms with E-state index >= 15 is 0 Å². The van der Waals surface area contributed by atoms with Crippen molar-refractivity contribution in [3.63, 3.8) is 0 Å². The van der Waals surface area contributed by atoms with E-state index in [2.05, 4.69) is 31.9 Å². The average Bonchev–Trinajstić information content (AvgIpc) is 3.19. The number of aromatic nitrogens is 3. The number of hydrogen-bond acceptors (Lipinski definition) is 5. The summed E-state index contributed by atoms with van der Waals surface area (Å²) in [7, 11) is 3.48. The van der Waals surface area contributed by atoms with Gasteiger partial charge in [0.05, 0.1) is 24.4 Å². The molecule has 0 radical (unpaired) electrons. The van der Waals surface area contributed by atoms with Crippen molar-refractivity contribution >= 4 is 16.8 Å². The molecule has 1 amide bonds. The summed E-state index contributed by atoms with van der Waals surface area (Å²) in [6.45, 7) is 2.55. The van der Waals surface area contributed by atoms with Gasteiger partial charge in [0, 0.05) is 18.1 Å². The third kappa shape index (κ3) is 4.41. The van der Waals surface area contributed by atoms with E-state index in [4.69, 9.17) is 4.74 Å². The Balaban J connectivity index is 1.59. The summed E-state index contributed by atoms with van der Waals surface area (Å²) in [5.74, 6) is 0.517. The lowest BCUT2D eigenvalue weighted by Crippen LogP contribution is -2.35. The largest absolute Gasteiger partial charge is 0.497 e. The lowest BCUT2D eigenvalue weighted by Gasteiger charge is -2.19. The van der Waals surface area contributed by atoms with Crippen molar-refractivity contribution in [1.82, 2.24) is 25.8 Å². The van der Waals surface area contributed by atoms with Gasteiger partial charge in [0.1, 0.15) is 11.4 Å². The van der Waals surface area contributed by atoms with E-state index in [1.165, 1.54) is 0 Å². The maximum atomic E-state index is 13.0. The van der Waals surface area contributed by atoms with Crippen molar-refractivity contribution in [2.75, 3.05) is 20.7 Å². The number of benzene rings is 2. The van der Waals surface area contributed by atoms with Crippen LogP contribution in [0.15, 0.2) is 60.8 Å². The van der Waals surface area contributed by atoms with Gasteiger partial charge in [-0.05, 0) is 67.1 Å². The molecular formula is C24H25N5O2. The summed E-state index contributed by atoms with van der Waals surface area (Å²) in [4.78, 5) is 17.3. The molecule has 0 aliphatic rings. The average molecular weight is 415 g/mol. The summed E-state index contributed by atoms with van der Waals surface area (Å²) in [6, 6.07) is 17.3. The van der Waals surface area contributed by atoms with E-state index < -0.39 is 0 Å². The van der Waals surface area contributed by atoms with Gasteiger partial charge in [-0.2, -0.15) is 5.10 Å². The molecule has 0 bridgehead atoms. The number of nitrogens with zero attached hydrogens (tertiary/aromatic N) is 2. The Kier molecular flexibility index (Phi) is 5.95. The topological polar surface area (TPSA) is 91.9 Å². The number of aryl methyl sites for hydroxylation is 1. The number of pyridine rings is 1. The molecule has 7 nitrogen and oxygen atoms in total. The number of rotatable bonds is 7. The van der Waals surface area contributed by atoms with Crippen LogP contribution in [0.1, 0.15) is 27.8 Å². The molecule has 0 saturated heterocycles. The minimum absolute atomic E-state index is 0.219. The predicted molar refractivity (Wildman–Crippen MR) is 121 cm³/mol. The minimum Gasteiger partial charge on any atom is -0.497 e. The Morgan fingerprint density at radius 3 is 2.77 bits per heavy atom. The van der Waals surface area contributed by atoms with E-state index in [1.54, 1.807) is 13.3 Å². The van der Waals surface area contributed by atoms with Gasteiger partial charge < -0.3 is 15.4 Å². The molecule has 4 aromatic rings. The second kappa shape index (κ2) is 8.97. The van der Waals surface area contributed by atoms with Crippen molar-refractivity contribution in [3.8, 4) is 16.9 Å². The van der Waals surface area contributed by atoms with Gasteiger partial charge >= 0.3 is 0 Å². The Hall–Kier alpha value is -3.71. The van der Waals surface area contributed by atoms with Crippen LogP contribution in [0.5, 0.6) is 5.75 Å². The number of fused-ring (bicyclic) bond motifs is 1. The zero-order chi connectivity index (χ0) is 21.8. The molecule has 1 atom stereocenters. The number of carbonyl (C=O) groups excluding carboxylic acids is 1. The van der Waals surface area contributed by atoms with Gasteiger partial charge in [-0.15, -0.1) is 0 Å². The van der Waals surface area contributed by atoms with Crippen LogP contribution in [0.2, 0.25) is 0 Å². The number of likely N-dealkylation sites (N-methyl/N-ethyl adjacent to an activating group) is 1. The van der Waals surface area contributed by atoms with Gasteiger partial charge in [-0.25, -0.2) is 0 Å². The van der Waals surface area contributed by atoms with Crippen LogP contribution in [0.4, 0.5) is 0 Å². The monoisotopic (exact) mass is 415 g/mol. The van der Waals surface area contributed by atoms with Crippen LogP contribution in [0, 0.1) is 6.92 Å². The quantitative estimate of drug-likeness (QED) is 0.429. The number of H-pyrrole nitrogens is 1. The Morgan fingerprint density at radius 2 is 1.97 bits per heavy atom. The predicted octanol–water partition coefficient (Wildman–Crippen LogP) is 3.63. The number of methoxy groups -OCH3 is 1. The number of aromatic amines is 1. The van der Waals surface area contributed by atoms with Crippen LogP contribution in [-0.2, 0) is 0 Å². The van der Waals surface area contributed by atoms with Gasteiger partial charge in [0.15, 0.2) is 0 Å². The van der Waals surface area contributed by atoms with Crippen LogP contribution in [0.25, 0.3) is 22.0 Å². The maximum Gasteiger partial charge on any atom is 0.270 e. The maximum absolute atomic E-state index is 13.0. The van der Waals surface area contributed by atoms with Crippen molar-refractivity contribution in [2.45, 2.75) is 13.0 Å². The fraction of sp³-hybridized carbons (Fsp3) is 0.208. The minimum atomic E-state index is -0.231. The third-order valence-electron chi connectivity index (χ3n) is 5.29. The molecule has 2 aromatic carbocycles. The van der Waals surface area contributed by atoms with Crippen LogP contribution in [-0.4, -0.2) is 41.8 Å². The Bertz CT molecular complexity index is 1220. The molecule has 2 heterocycles. The molecule has 0 saturated carbocycles. The highest BCUT2D eigenvalue weighted by Gasteiger charge is 2.17. The highest BCUT2D eigenvalue weighted by Crippen LogP contribution is 2.26. The molecule has 0 aliphatic heterocycles. The second-order valence-corrected chi connectivity index (χ2v) is 7.36. The number of hydrogen-bond donors (Lipinski definition) is 3. The first-order valence-electron chi connectivity index (χ1n) is 10.1. The van der Waals surface area contributed by atoms with Crippen molar-refractivity contribution < 1.29 is 9.53 Å². The molecule has 158 valence electrons. The van der Waals surface area contributed by atoms with Crippen molar-refractivity contribution in [2.24, 2.45) is 0 Å². The molecule has 2 aromatic heterocycles. The van der Waals surface area contributed by atoms with Gasteiger partial charge in [-0.1, -0.05) is 18.2 Å². The molecule has 0 aliphatic carbocycles. The fourth-order valence-electron chi connectivity index (χ4n) is 3.61. The second-order valence-electron chi connectivity index (χ2n) is 7.36. The standard InChI is InChI=1S/C24H25N5O2/c1-15-20-12-16(7-8-21(20)29-28-15)17-9-10-26-22(13-17)24(30)27-23(14-25-2)18-5-4-6-19(11-18)31-3/h4-13,23,25H,14H2,1-3H3,(H,27,30)(H,28,29)/t23-/m1/s1. The van der Waals surface area contributed by atoms with Gasteiger partial charge in [0.25, 0.3) is 5.91 Å². The number of carbonyl (C=O) groups is 1. The molecule has 4 rings (SSSR count). The lowest BCUT2D eigenvalue weighted by molar-refractivity contribution is 0.0931. The molecule has 7 heteroatoms. The number of amides is 1. The lowest BCUT2D eigenvalue weighted by atomic mass is 10.0. The molecule has 31 heavy (non-hydrogen) atoms. The van der Waals surface area contributed by atoms with Crippen LogP contribution < -0.4 is 15.4 Å². The van der Waals surface area contributed by atoms with Gasteiger partial charge in [-0.3, -0.25) is 14.9 Å². The summed E-state index contributed by atoms with van der Waals surface area (Å²) < 4.78 is 5.32. The van der Waals surface area contributed by atoms with E-state index in [-0.39, 0.29) is 11.9 Å². The Labute approximate surface area is 180 Å². The number of nitrogens with one attached hydrogen (secondary N) is 3. The zero-order valence-electron chi connectivity index (χ0n) is 17.8. The molecule has 0 unspecified atom stereocenters. The summed E-state index contributed by atoms with van der Waals surface area (Å²) in [5.41, 5.74) is 5.19. The first kappa shape index (κ1) is 20.6. The highest BCUT2D eigenvalue weighted by molar-refractivity contribution is 5.94. The molecular weight excluding hydrogens is 390 g/mol. The first-order valence-corrected chi connectivity index (χ1v) is 10.1. The van der Waals surface area contributed by atoms with Gasteiger partial charge in [0.2, 0.25) is 0 Å². The Morgan fingerprint density at radius 1 is 1.13 bits per heavy atom. The molecule has 0 spiro atoms. The van der Waals surface area contributed by atoms with Crippen LogP contribution in [0.3, 0.4) is 0 Å². The molecule has 0 fully saturated rings. The van der Waals surface area contributed by atoms with E-state index in [1.807, 2.05) is 62.5 Å². The van der Waals surface area contributed by atoms with Crippen molar-refractivity contribution in [1.29, 1.82) is 0 Å². The first-order chi connectivity index (χ1) is 15.1. The fourth-order valence-corrected chi connectivity index (χ4v) is 3.61.